The second-order valence-corrected chi connectivity index (χ2v) is 4.81. The van der Waals surface area contributed by atoms with E-state index in [9.17, 15) is 4.79 Å². The number of amidine groups is 1. The Bertz CT molecular complexity index is 529. The summed E-state index contributed by atoms with van der Waals surface area (Å²) in [5.74, 6) is -0.243. The van der Waals surface area contributed by atoms with Gasteiger partial charge in [-0.2, -0.15) is 0 Å². The van der Waals surface area contributed by atoms with Crippen molar-refractivity contribution in [3.8, 4) is 11.5 Å². The largest absolute Gasteiger partial charge is 0.493 e. The van der Waals surface area contributed by atoms with Crippen LogP contribution in [-0.4, -0.2) is 31.2 Å². The van der Waals surface area contributed by atoms with Gasteiger partial charge in [0, 0.05) is 11.8 Å². The number of methoxy groups -OCH3 is 2. The highest BCUT2D eigenvalue weighted by Gasteiger charge is 2.27. The van der Waals surface area contributed by atoms with Crippen LogP contribution in [0.15, 0.2) is 23.4 Å². The lowest BCUT2D eigenvalue weighted by Crippen LogP contribution is -2.38. The highest BCUT2D eigenvalue weighted by molar-refractivity contribution is 6.08. The SMILES string of the molecule is COc1ccc(NC(=O)C(C(N)=NO)C(C)C)cc1OC. The number of amides is 1. The van der Waals surface area contributed by atoms with Crippen molar-refractivity contribution in [2.24, 2.45) is 22.7 Å². The lowest BCUT2D eigenvalue weighted by molar-refractivity contribution is -0.119. The summed E-state index contributed by atoms with van der Waals surface area (Å²) in [6.45, 7) is 3.63. The number of carbonyl (C=O) groups is 1. The number of rotatable bonds is 6. The quantitative estimate of drug-likeness (QED) is 0.320. The van der Waals surface area contributed by atoms with Gasteiger partial charge in [0.15, 0.2) is 17.3 Å². The molecular formula is C14H21N3O4. The number of nitrogens with zero attached hydrogens (tertiary/aromatic N) is 1. The number of nitrogens with one attached hydrogen (secondary N) is 1. The van der Waals surface area contributed by atoms with Crippen LogP contribution in [0.4, 0.5) is 5.69 Å². The summed E-state index contributed by atoms with van der Waals surface area (Å²) < 4.78 is 10.3. The van der Waals surface area contributed by atoms with E-state index in [0.717, 1.165) is 0 Å². The third-order valence-corrected chi connectivity index (χ3v) is 3.03. The van der Waals surface area contributed by atoms with Crippen molar-refractivity contribution in [2.45, 2.75) is 13.8 Å². The average Bonchev–Trinajstić information content (AvgIpc) is 2.46. The van der Waals surface area contributed by atoms with E-state index in [1.165, 1.54) is 14.2 Å². The fraction of sp³-hybridized carbons (Fsp3) is 0.429. The minimum Gasteiger partial charge on any atom is -0.493 e. The number of hydrogen-bond acceptors (Lipinski definition) is 5. The van der Waals surface area contributed by atoms with Crippen molar-refractivity contribution >= 4 is 17.4 Å². The zero-order valence-electron chi connectivity index (χ0n) is 12.6. The van der Waals surface area contributed by atoms with Crippen LogP contribution >= 0.6 is 0 Å². The van der Waals surface area contributed by atoms with Gasteiger partial charge in [-0.05, 0) is 18.1 Å². The monoisotopic (exact) mass is 295 g/mol. The fourth-order valence-corrected chi connectivity index (χ4v) is 1.97. The third kappa shape index (κ3) is 4.01. The number of nitrogens with two attached hydrogens (primary N) is 1. The van der Waals surface area contributed by atoms with E-state index >= 15 is 0 Å². The van der Waals surface area contributed by atoms with Gasteiger partial charge in [0.05, 0.1) is 14.2 Å². The first kappa shape index (κ1) is 16.6. The Hall–Kier alpha value is -2.44. The predicted octanol–water partition coefficient (Wildman–Crippen LogP) is 1.66. The van der Waals surface area contributed by atoms with Gasteiger partial charge in [-0.15, -0.1) is 0 Å². The molecule has 7 heteroatoms. The summed E-state index contributed by atoms with van der Waals surface area (Å²) in [4.78, 5) is 12.3. The summed E-state index contributed by atoms with van der Waals surface area (Å²) >= 11 is 0. The summed E-state index contributed by atoms with van der Waals surface area (Å²) in [7, 11) is 3.04. The Morgan fingerprint density at radius 3 is 2.38 bits per heavy atom. The number of hydrogen-bond donors (Lipinski definition) is 3. The highest BCUT2D eigenvalue weighted by atomic mass is 16.5. The molecule has 0 aromatic heterocycles. The van der Waals surface area contributed by atoms with Crippen LogP contribution in [0.3, 0.4) is 0 Å². The second-order valence-electron chi connectivity index (χ2n) is 4.81. The Labute approximate surface area is 123 Å². The molecule has 21 heavy (non-hydrogen) atoms. The molecule has 1 unspecified atom stereocenters. The van der Waals surface area contributed by atoms with E-state index in [4.69, 9.17) is 20.4 Å². The van der Waals surface area contributed by atoms with Crippen LogP contribution in [0.1, 0.15) is 13.8 Å². The van der Waals surface area contributed by atoms with Crippen molar-refractivity contribution in [3.63, 3.8) is 0 Å². The van der Waals surface area contributed by atoms with Crippen molar-refractivity contribution in [1.82, 2.24) is 0 Å². The molecule has 0 heterocycles. The molecule has 1 aromatic carbocycles. The third-order valence-electron chi connectivity index (χ3n) is 3.03. The Morgan fingerprint density at radius 1 is 1.29 bits per heavy atom. The molecule has 0 fully saturated rings. The molecule has 7 nitrogen and oxygen atoms in total. The summed E-state index contributed by atoms with van der Waals surface area (Å²) in [6.07, 6.45) is 0. The van der Waals surface area contributed by atoms with E-state index in [0.29, 0.717) is 17.2 Å². The second kappa shape index (κ2) is 7.37. The first-order valence-corrected chi connectivity index (χ1v) is 6.44. The molecule has 0 aliphatic carbocycles. The minimum atomic E-state index is -0.719. The molecule has 1 aromatic rings. The lowest BCUT2D eigenvalue weighted by atomic mass is 9.94. The molecule has 0 radical (unpaired) electrons. The molecule has 0 aliphatic rings. The molecular weight excluding hydrogens is 274 g/mol. The zero-order chi connectivity index (χ0) is 16.0. The van der Waals surface area contributed by atoms with Crippen LogP contribution in [0.2, 0.25) is 0 Å². The Balaban J connectivity index is 2.96. The normalized spacial score (nSPS) is 12.9. The van der Waals surface area contributed by atoms with Gasteiger partial charge in [0.1, 0.15) is 5.92 Å². The Morgan fingerprint density at radius 2 is 1.90 bits per heavy atom. The molecule has 0 spiro atoms. The first-order valence-electron chi connectivity index (χ1n) is 6.44. The smallest absolute Gasteiger partial charge is 0.235 e. The van der Waals surface area contributed by atoms with E-state index in [1.54, 1.807) is 18.2 Å². The summed E-state index contributed by atoms with van der Waals surface area (Å²) in [5.41, 5.74) is 6.11. The molecule has 0 saturated carbocycles. The molecule has 0 aliphatic heterocycles. The number of benzene rings is 1. The number of anilines is 1. The van der Waals surface area contributed by atoms with Crippen molar-refractivity contribution < 1.29 is 19.5 Å². The van der Waals surface area contributed by atoms with Crippen molar-refractivity contribution in [3.05, 3.63) is 18.2 Å². The molecule has 116 valence electrons. The first-order chi connectivity index (χ1) is 9.94. The molecule has 0 bridgehead atoms. The maximum atomic E-state index is 12.3. The van der Waals surface area contributed by atoms with E-state index < -0.39 is 5.92 Å². The molecule has 1 atom stereocenters. The van der Waals surface area contributed by atoms with Crippen LogP contribution < -0.4 is 20.5 Å². The van der Waals surface area contributed by atoms with Crippen molar-refractivity contribution in [1.29, 1.82) is 0 Å². The fourth-order valence-electron chi connectivity index (χ4n) is 1.97. The Kier molecular flexibility index (Phi) is 5.83. The standard InChI is InChI=1S/C14H21N3O4/c1-8(2)12(13(15)17-19)14(18)16-9-5-6-10(20-3)11(7-9)21-4/h5-8,12,19H,1-4H3,(H2,15,17)(H,16,18). The zero-order valence-corrected chi connectivity index (χ0v) is 12.6. The van der Waals surface area contributed by atoms with E-state index in [2.05, 4.69) is 10.5 Å². The van der Waals surface area contributed by atoms with E-state index in [-0.39, 0.29) is 17.7 Å². The van der Waals surface area contributed by atoms with Crippen LogP contribution in [0.25, 0.3) is 0 Å². The minimum absolute atomic E-state index is 0.110. The molecule has 4 N–H and O–H groups in total. The van der Waals surface area contributed by atoms with E-state index in [1.807, 2.05) is 13.8 Å². The predicted molar refractivity (Wildman–Crippen MR) is 79.9 cm³/mol. The van der Waals surface area contributed by atoms with Crippen LogP contribution in [0.5, 0.6) is 11.5 Å². The maximum absolute atomic E-state index is 12.3. The highest BCUT2D eigenvalue weighted by Crippen LogP contribution is 2.30. The number of carbonyl (C=O) groups excluding carboxylic acids is 1. The number of ether oxygens (including phenoxy) is 2. The van der Waals surface area contributed by atoms with Gasteiger partial charge in [-0.1, -0.05) is 19.0 Å². The van der Waals surface area contributed by atoms with Crippen LogP contribution in [0, 0.1) is 11.8 Å². The van der Waals surface area contributed by atoms with Gasteiger partial charge in [0.2, 0.25) is 5.91 Å². The van der Waals surface area contributed by atoms with Gasteiger partial charge < -0.3 is 25.7 Å². The summed E-state index contributed by atoms with van der Waals surface area (Å²) in [6, 6.07) is 5.01. The van der Waals surface area contributed by atoms with Gasteiger partial charge in [-0.25, -0.2) is 0 Å². The molecule has 1 amide bonds. The topological polar surface area (TPSA) is 106 Å². The average molecular weight is 295 g/mol. The maximum Gasteiger partial charge on any atom is 0.235 e. The van der Waals surface area contributed by atoms with Crippen LogP contribution in [-0.2, 0) is 4.79 Å². The number of oxime groups is 1. The summed E-state index contributed by atoms with van der Waals surface area (Å²) in [5, 5.41) is 14.4. The molecule has 0 saturated heterocycles. The van der Waals surface area contributed by atoms with Gasteiger partial charge >= 0.3 is 0 Å². The van der Waals surface area contributed by atoms with Gasteiger partial charge in [0.25, 0.3) is 0 Å². The van der Waals surface area contributed by atoms with Crippen molar-refractivity contribution in [2.75, 3.05) is 19.5 Å². The van der Waals surface area contributed by atoms with Gasteiger partial charge in [-0.3, -0.25) is 4.79 Å². The lowest BCUT2D eigenvalue weighted by Gasteiger charge is -2.19. The molecule has 1 rings (SSSR count).